The molecular weight excluding hydrogens is 153 g/mol. The maximum atomic E-state index is 3.99. The Morgan fingerprint density at radius 2 is 2.40 bits per heavy atom. The van der Waals surface area contributed by atoms with E-state index in [1.165, 1.54) is 0 Å². The minimum absolute atomic E-state index is 0. The molecule has 0 unspecified atom stereocenters. The SMILES string of the molecule is [K+].[c-]1cnn2cccnc12. The third-order valence-electron chi connectivity index (χ3n) is 1.10. The fourth-order valence-corrected chi connectivity index (χ4v) is 0.709. The Hall–Kier alpha value is 0.256. The van der Waals surface area contributed by atoms with E-state index in [0.717, 1.165) is 5.65 Å². The van der Waals surface area contributed by atoms with E-state index in [4.69, 9.17) is 0 Å². The predicted molar refractivity (Wildman–Crippen MR) is 31.8 cm³/mol. The zero-order valence-electron chi connectivity index (χ0n) is 5.65. The van der Waals surface area contributed by atoms with Gasteiger partial charge in [0.1, 0.15) is 0 Å². The molecule has 0 saturated heterocycles. The summed E-state index contributed by atoms with van der Waals surface area (Å²) in [4.78, 5) is 3.99. The first-order chi connectivity index (χ1) is 4.47. The van der Waals surface area contributed by atoms with Crippen molar-refractivity contribution >= 4 is 5.65 Å². The quantitative estimate of drug-likeness (QED) is 0.313. The minimum atomic E-state index is 0. The van der Waals surface area contributed by atoms with Gasteiger partial charge in [0.05, 0.1) is 0 Å². The van der Waals surface area contributed by atoms with Gasteiger partial charge in [0.2, 0.25) is 0 Å². The Morgan fingerprint density at radius 1 is 1.50 bits per heavy atom. The summed E-state index contributed by atoms with van der Waals surface area (Å²) in [6, 6.07) is 4.69. The van der Waals surface area contributed by atoms with Gasteiger partial charge < -0.3 is 6.07 Å². The van der Waals surface area contributed by atoms with E-state index in [2.05, 4.69) is 16.1 Å². The van der Waals surface area contributed by atoms with E-state index in [-0.39, 0.29) is 51.4 Å². The normalized spacial score (nSPS) is 9.20. The molecule has 0 aliphatic carbocycles. The van der Waals surface area contributed by atoms with Gasteiger partial charge in [0.25, 0.3) is 0 Å². The first-order valence-corrected chi connectivity index (χ1v) is 2.63. The van der Waals surface area contributed by atoms with Crippen molar-refractivity contribution in [1.29, 1.82) is 0 Å². The number of hydrogen-bond donors (Lipinski definition) is 0. The number of fused-ring (bicyclic) bond motifs is 1. The number of rotatable bonds is 0. The average Bonchev–Trinajstić information content (AvgIpc) is 2.33. The van der Waals surface area contributed by atoms with Crippen LogP contribution in [0.2, 0.25) is 0 Å². The Balaban J connectivity index is 0.000000500. The maximum absolute atomic E-state index is 3.99. The molecule has 4 heteroatoms. The maximum Gasteiger partial charge on any atom is 1.00 e. The van der Waals surface area contributed by atoms with Gasteiger partial charge in [-0.05, 0) is 11.7 Å². The summed E-state index contributed by atoms with van der Waals surface area (Å²) in [6.07, 6.45) is 5.15. The van der Waals surface area contributed by atoms with Gasteiger partial charge in [-0.1, -0.05) is 0 Å². The third-order valence-corrected chi connectivity index (χ3v) is 1.10. The van der Waals surface area contributed by atoms with E-state index in [9.17, 15) is 0 Å². The first kappa shape index (κ1) is 8.35. The molecule has 0 amide bonds. The van der Waals surface area contributed by atoms with E-state index >= 15 is 0 Å². The van der Waals surface area contributed by atoms with Crippen LogP contribution in [0, 0.1) is 6.07 Å². The molecule has 0 aliphatic heterocycles. The molecule has 44 valence electrons. The molecule has 2 aromatic rings. The molecule has 10 heavy (non-hydrogen) atoms. The van der Waals surface area contributed by atoms with Crippen molar-refractivity contribution in [3.8, 4) is 0 Å². The summed E-state index contributed by atoms with van der Waals surface area (Å²) in [5.74, 6) is 0. The van der Waals surface area contributed by atoms with Crippen LogP contribution in [0.4, 0.5) is 0 Å². The Kier molecular flexibility index (Phi) is 3.00. The van der Waals surface area contributed by atoms with Crippen LogP contribution in [0.15, 0.2) is 24.7 Å². The van der Waals surface area contributed by atoms with Crippen molar-refractivity contribution in [2.75, 3.05) is 0 Å². The van der Waals surface area contributed by atoms with E-state index in [1.54, 1.807) is 16.9 Å². The van der Waals surface area contributed by atoms with E-state index in [1.807, 2.05) is 12.3 Å². The van der Waals surface area contributed by atoms with Crippen molar-refractivity contribution in [1.82, 2.24) is 14.6 Å². The molecule has 0 fully saturated rings. The molecule has 0 aliphatic rings. The van der Waals surface area contributed by atoms with Crippen molar-refractivity contribution in [2.45, 2.75) is 0 Å². The molecular formula is C6H4KN3. The summed E-state index contributed by atoms with van der Waals surface area (Å²) in [5.41, 5.74) is 0.762. The van der Waals surface area contributed by atoms with Crippen LogP contribution in [-0.4, -0.2) is 14.6 Å². The molecule has 0 N–H and O–H groups in total. The minimum Gasteiger partial charge on any atom is -0.404 e. The first-order valence-electron chi connectivity index (χ1n) is 2.63. The molecule has 0 atom stereocenters. The number of nitrogens with zero attached hydrogens (tertiary/aromatic N) is 3. The van der Waals surface area contributed by atoms with Crippen LogP contribution >= 0.6 is 0 Å². The second-order valence-corrected chi connectivity index (χ2v) is 1.68. The second-order valence-electron chi connectivity index (χ2n) is 1.68. The predicted octanol–water partition coefficient (Wildman–Crippen LogP) is -2.47. The molecule has 0 aromatic carbocycles. The van der Waals surface area contributed by atoms with E-state index < -0.39 is 0 Å². The number of aromatic nitrogens is 3. The Labute approximate surface area is 101 Å². The Morgan fingerprint density at radius 3 is 3.20 bits per heavy atom. The zero-order valence-corrected chi connectivity index (χ0v) is 8.77. The summed E-state index contributed by atoms with van der Waals surface area (Å²) in [5, 5.41) is 3.92. The average molecular weight is 157 g/mol. The molecule has 2 heterocycles. The van der Waals surface area contributed by atoms with Crippen LogP contribution in [0.3, 0.4) is 0 Å². The smallest absolute Gasteiger partial charge is 0.404 e. The van der Waals surface area contributed by atoms with E-state index in [0.29, 0.717) is 0 Å². The van der Waals surface area contributed by atoms with Gasteiger partial charge in [0.15, 0.2) is 0 Å². The van der Waals surface area contributed by atoms with Crippen molar-refractivity contribution in [3.63, 3.8) is 0 Å². The molecule has 0 spiro atoms. The molecule has 0 radical (unpaired) electrons. The molecule has 3 nitrogen and oxygen atoms in total. The fraction of sp³-hybridized carbons (Fsp3) is 0. The van der Waals surface area contributed by atoms with Crippen molar-refractivity contribution in [3.05, 3.63) is 30.7 Å². The van der Waals surface area contributed by atoms with Crippen molar-refractivity contribution in [2.24, 2.45) is 0 Å². The summed E-state index contributed by atoms with van der Waals surface area (Å²) in [6.45, 7) is 0. The van der Waals surface area contributed by atoms with Crippen LogP contribution in [0.25, 0.3) is 5.65 Å². The third kappa shape index (κ3) is 1.46. The van der Waals surface area contributed by atoms with Crippen LogP contribution in [0.5, 0.6) is 0 Å². The molecule has 2 aromatic heterocycles. The van der Waals surface area contributed by atoms with Crippen LogP contribution in [-0.2, 0) is 0 Å². The molecule has 0 saturated carbocycles. The van der Waals surface area contributed by atoms with Gasteiger partial charge in [-0.2, -0.15) is 0 Å². The molecule has 2 rings (SSSR count). The summed E-state index contributed by atoms with van der Waals surface area (Å²) >= 11 is 0. The monoisotopic (exact) mass is 157 g/mol. The van der Waals surface area contributed by atoms with Gasteiger partial charge in [-0.15, -0.1) is 6.20 Å². The summed E-state index contributed by atoms with van der Waals surface area (Å²) < 4.78 is 1.67. The van der Waals surface area contributed by atoms with Gasteiger partial charge in [-0.25, -0.2) is 5.10 Å². The summed E-state index contributed by atoms with van der Waals surface area (Å²) in [7, 11) is 0. The van der Waals surface area contributed by atoms with Crippen LogP contribution in [0.1, 0.15) is 0 Å². The number of hydrogen-bond acceptors (Lipinski definition) is 2. The fourth-order valence-electron chi connectivity index (χ4n) is 0.709. The van der Waals surface area contributed by atoms with Crippen LogP contribution < -0.4 is 51.4 Å². The topological polar surface area (TPSA) is 30.2 Å². The van der Waals surface area contributed by atoms with Gasteiger partial charge in [0, 0.05) is 12.4 Å². The standard InChI is InChI=1S/C6H4N3.K/c1-3-7-6-2-4-8-9(6)5-1;/h1,3-5H;/q-1;+1. The largest absolute Gasteiger partial charge is 1.00 e. The van der Waals surface area contributed by atoms with Gasteiger partial charge in [-0.3, -0.25) is 9.50 Å². The Bertz CT molecular complexity index is 287. The van der Waals surface area contributed by atoms with Gasteiger partial charge >= 0.3 is 51.4 Å². The molecule has 0 bridgehead atoms. The second kappa shape index (κ2) is 3.59. The van der Waals surface area contributed by atoms with Crippen molar-refractivity contribution < 1.29 is 51.4 Å². The zero-order chi connectivity index (χ0) is 6.10.